The van der Waals surface area contributed by atoms with Crippen LogP contribution in [-0.2, 0) is 4.74 Å². The van der Waals surface area contributed by atoms with E-state index in [4.69, 9.17) is 9.47 Å². The fraction of sp³-hybridized carbons (Fsp3) is 0.250. The molecule has 3 aromatic rings. The van der Waals surface area contributed by atoms with Crippen LogP contribution in [0.15, 0.2) is 48.8 Å². The molecule has 0 radical (unpaired) electrons. The minimum absolute atomic E-state index is 0.103. The molecule has 1 N–H and O–H groups in total. The van der Waals surface area contributed by atoms with Gasteiger partial charge >= 0.3 is 0 Å². The molecule has 2 heterocycles. The molecule has 0 aliphatic rings. The molecule has 2 aromatic heterocycles. The van der Waals surface area contributed by atoms with E-state index in [0.717, 1.165) is 6.42 Å². The minimum atomic E-state index is -0.229. The van der Waals surface area contributed by atoms with Gasteiger partial charge in [0.05, 0.1) is 12.3 Å². The van der Waals surface area contributed by atoms with Gasteiger partial charge in [-0.3, -0.25) is 9.59 Å². The Bertz CT molecular complexity index is 948. The predicted molar refractivity (Wildman–Crippen MR) is 102 cm³/mol. The van der Waals surface area contributed by atoms with E-state index in [2.05, 4.69) is 10.3 Å². The molecule has 0 aliphatic heterocycles. The van der Waals surface area contributed by atoms with E-state index in [0.29, 0.717) is 41.6 Å². The first-order valence-corrected chi connectivity index (χ1v) is 8.59. The molecule has 140 valence electrons. The Morgan fingerprint density at radius 2 is 1.85 bits per heavy atom. The highest BCUT2D eigenvalue weighted by Gasteiger charge is 2.09. The molecule has 3 rings (SSSR count). The molecule has 1 aromatic carbocycles. The van der Waals surface area contributed by atoms with E-state index < -0.39 is 0 Å². The van der Waals surface area contributed by atoms with Gasteiger partial charge in [0.2, 0.25) is 0 Å². The van der Waals surface area contributed by atoms with Gasteiger partial charge in [-0.25, -0.2) is 4.98 Å². The first-order chi connectivity index (χ1) is 13.1. The van der Waals surface area contributed by atoms with Crippen molar-refractivity contribution in [2.75, 3.05) is 25.6 Å². The average molecular weight is 367 g/mol. The van der Waals surface area contributed by atoms with Crippen molar-refractivity contribution in [2.24, 2.45) is 0 Å². The van der Waals surface area contributed by atoms with E-state index in [9.17, 15) is 9.59 Å². The van der Waals surface area contributed by atoms with Gasteiger partial charge in [0.25, 0.3) is 5.91 Å². The van der Waals surface area contributed by atoms with Crippen LogP contribution in [0.4, 0.5) is 5.69 Å². The summed E-state index contributed by atoms with van der Waals surface area (Å²) in [5, 5.41) is 2.84. The van der Waals surface area contributed by atoms with Crippen LogP contribution >= 0.6 is 0 Å². The summed E-state index contributed by atoms with van der Waals surface area (Å²) in [6.45, 7) is 2.68. The Kier molecular flexibility index (Phi) is 5.83. The van der Waals surface area contributed by atoms with Crippen molar-refractivity contribution < 1.29 is 19.1 Å². The third-order valence-electron chi connectivity index (χ3n) is 3.95. The number of fused-ring (bicyclic) bond motifs is 1. The fourth-order valence-electron chi connectivity index (χ4n) is 2.53. The Labute approximate surface area is 156 Å². The summed E-state index contributed by atoms with van der Waals surface area (Å²) >= 11 is 0. The maximum atomic E-state index is 12.4. The van der Waals surface area contributed by atoms with Crippen LogP contribution in [0.5, 0.6) is 5.75 Å². The lowest BCUT2D eigenvalue weighted by Gasteiger charge is -2.08. The van der Waals surface area contributed by atoms with E-state index in [1.54, 1.807) is 60.3 Å². The number of nitrogens with zero attached hydrogens (tertiary/aromatic N) is 2. The maximum Gasteiger partial charge on any atom is 0.255 e. The summed E-state index contributed by atoms with van der Waals surface area (Å²) in [5.41, 5.74) is 2.17. The number of aromatic nitrogens is 2. The van der Waals surface area contributed by atoms with Crippen LogP contribution in [0.1, 0.15) is 34.2 Å². The highest BCUT2D eigenvalue weighted by atomic mass is 16.5. The monoisotopic (exact) mass is 367 g/mol. The van der Waals surface area contributed by atoms with Gasteiger partial charge in [-0.2, -0.15) is 0 Å². The molecular weight excluding hydrogens is 346 g/mol. The number of carbonyl (C=O) groups is 2. The fourth-order valence-corrected chi connectivity index (χ4v) is 2.53. The van der Waals surface area contributed by atoms with Crippen molar-refractivity contribution in [1.82, 2.24) is 9.38 Å². The van der Waals surface area contributed by atoms with E-state index in [1.165, 1.54) is 6.92 Å². The van der Waals surface area contributed by atoms with Crippen LogP contribution in [0.2, 0.25) is 0 Å². The number of rotatable bonds is 8. The third kappa shape index (κ3) is 4.71. The molecule has 0 aliphatic carbocycles. The first kappa shape index (κ1) is 18.6. The Hall–Kier alpha value is -3.19. The quantitative estimate of drug-likeness (QED) is 0.488. The zero-order chi connectivity index (χ0) is 19.2. The van der Waals surface area contributed by atoms with Gasteiger partial charge in [-0.1, -0.05) is 0 Å². The minimum Gasteiger partial charge on any atom is -0.494 e. The summed E-state index contributed by atoms with van der Waals surface area (Å²) in [5.74, 6) is 0.375. The molecule has 0 atom stereocenters. The van der Waals surface area contributed by atoms with Crippen LogP contribution in [0.3, 0.4) is 0 Å². The smallest absolute Gasteiger partial charge is 0.255 e. The Balaban J connectivity index is 1.64. The number of methoxy groups -OCH3 is 1. The zero-order valence-electron chi connectivity index (χ0n) is 15.3. The number of amides is 1. The Morgan fingerprint density at radius 3 is 2.56 bits per heavy atom. The normalized spacial score (nSPS) is 10.7. The summed E-state index contributed by atoms with van der Waals surface area (Å²) in [6, 6.07) is 10.4. The van der Waals surface area contributed by atoms with Crippen LogP contribution in [-0.4, -0.2) is 41.4 Å². The lowest BCUT2D eigenvalue weighted by molar-refractivity contribution is 0.100. The first-order valence-electron chi connectivity index (χ1n) is 8.59. The molecule has 0 spiro atoms. The molecule has 7 heteroatoms. The number of ketones is 1. The lowest BCUT2D eigenvalue weighted by atomic mass is 10.2. The van der Waals surface area contributed by atoms with Gasteiger partial charge in [0.15, 0.2) is 5.78 Å². The highest BCUT2D eigenvalue weighted by Crippen LogP contribution is 2.16. The van der Waals surface area contributed by atoms with Crippen molar-refractivity contribution in [1.29, 1.82) is 0 Å². The SMILES string of the molecule is COCCCOc1ccc(C(=O)Nc2ccc3nc(C(C)=O)cn3c2)cc1. The largest absolute Gasteiger partial charge is 0.494 e. The number of ether oxygens (including phenoxy) is 2. The standard InChI is InChI=1S/C20H21N3O4/c1-14(24)18-13-23-12-16(6-9-19(23)22-18)21-20(25)15-4-7-17(8-5-15)27-11-3-10-26-2/h4-9,12-13H,3,10-11H2,1-2H3,(H,21,25). The third-order valence-corrected chi connectivity index (χ3v) is 3.95. The van der Waals surface area contributed by atoms with Gasteiger partial charge in [0.1, 0.15) is 17.1 Å². The number of nitrogens with one attached hydrogen (secondary N) is 1. The molecule has 1 amide bonds. The number of anilines is 1. The summed E-state index contributed by atoms with van der Waals surface area (Å²) in [7, 11) is 1.65. The van der Waals surface area contributed by atoms with Crippen molar-refractivity contribution in [3.8, 4) is 5.75 Å². The second kappa shape index (κ2) is 8.46. The molecular formula is C20H21N3O4. The molecule has 0 unspecified atom stereocenters. The summed E-state index contributed by atoms with van der Waals surface area (Å²) in [6.07, 6.45) is 4.17. The number of hydrogen-bond acceptors (Lipinski definition) is 5. The van der Waals surface area contributed by atoms with Gasteiger partial charge in [-0.05, 0) is 36.4 Å². The molecule has 7 nitrogen and oxygen atoms in total. The molecule has 0 fully saturated rings. The number of benzene rings is 1. The van der Waals surface area contributed by atoms with Crippen LogP contribution in [0.25, 0.3) is 5.65 Å². The zero-order valence-corrected chi connectivity index (χ0v) is 15.3. The lowest BCUT2D eigenvalue weighted by Crippen LogP contribution is -2.12. The number of imidazole rings is 1. The van der Waals surface area contributed by atoms with Gasteiger partial charge < -0.3 is 19.2 Å². The van der Waals surface area contributed by atoms with Gasteiger partial charge in [-0.15, -0.1) is 0 Å². The van der Waals surface area contributed by atoms with Crippen molar-refractivity contribution >= 4 is 23.0 Å². The van der Waals surface area contributed by atoms with Crippen LogP contribution < -0.4 is 10.1 Å². The topological polar surface area (TPSA) is 81.9 Å². The molecule has 0 bridgehead atoms. The summed E-state index contributed by atoms with van der Waals surface area (Å²) in [4.78, 5) is 28.1. The Morgan fingerprint density at radius 1 is 1.07 bits per heavy atom. The number of Topliss-reactive ketones (excluding diaryl/α,β-unsaturated/α-hetero) is 1. The molecule has 0 saturated carbocycles. The number of pyridine rings is 1. The predicted octanol–water partition coefficient (Wildman–Crippen LogP) is 3.20. The van der Waals surface area contributed by atoms with E-state index in [-0.39, 0.29) is 11.7 Å². The van der Waals surface area contributed by atoms with Crippen LogP contribution in [0, 0.1) is 0 Å². The highest BCUT2D eigenvalue weighted by molar-refractivity contribution is 6.04. The van der Waals surface area contributed by atoms with Crippen molar-refractivity contribution in [2.45, 2.75) is 13.3 Å². The second-order valence-corrected chi connectivity index (χ2v) is 6.04. The van der Waals surface area contributed by atoms with Crippen molar-refractivity contribution in [3.05, 3.63) is 60.0 Å². The maximum absolute atomic E-state index is 12.4. The van der Waals surface area contributed by atoms with E-state index in [1.807, 2.05) is 0 Å². The van der Waals surface area contributed by atoms with Gasteiger partial charge in [0, 0.05) is 45.0 Å². The van der Waals surface area contributed by atoms with E-state index >= 15 is 0 Å². The summed E-state index contributed by atoms with van der Waals surface area (Å²) < 4.78 is 12.3. The second-order valence-electron chi connectivity index (χ2n) is 6.04. The molecule has 27 heavy (non-hydrogen) atoms. The number of hydrogen-bond donors (Lipinski definition) is 1. The molecule has 0 saturated heterocycles. The number of carbonyl (C=O) groups excluding carboxylic acids is 2. The average Bonchev–Trinajstić information content (AvgIpc) is 3.09. The van der Waals surface area contributed by atoms with Crippen molar-refractivity contribution in [3.63, 3.8) is 0 Å².